The smallest absolute Gasteiger partial charge is 0.0945 e. The molecule has 0 saturated heterocycles. The summed E-state index contributed by atoms with van der Waals surface area (Å²) >= 11 is 0. The molecule has 15 heavy (non-hydrogen) atoms. The highest BCUT2D eigenvalue weighted by Gasteiger charge is 2.34. The summed E-state index contributed by atoms with van der Waals surface area (Å²) in [6.45, 7) is 5.40. The molecule has 1 fully saturated rings. The van der Waals surface area contributed by atoms with Gasteiger partial charge in [0.25, 0.3) is 0 Å². The number of hydrogen-bond donors (Lipinski definition) is 1. The van der Waals surface area contributed by atoms with Crippen molar-refractivity contribution < 1.29 is 5.11 Å². The maximum Gasteiger partial charge on any atom is 0.0945 e. The monoisotopic (exact) mass is 208 g/mol. The van der Waals surface area contributed by atoms with Crippen LogP contribution >= 0.6 is 0 Å². The first-order valence-corrected chi connectivity index (χ1v) is 5.80. The lowest BCUT2D eigenvalue weighted by Crippen LogP contribution is -2.18. The lowest BCUT2D eigenvalue weighted by Gasteiger charge is -2.17. The summed E-state index contributed by atoms with van der Waals surface area (Å²) in [7, 11) is 0. The van der Waals surface area contributed by atoms with Crippen LogP contribution in [0.3, 0.4) is 0 Å². The fraction of sp³-hybridized carbons (Fsp3) is 0.750. The number of hydrogen-bond acceptors (Lipinski definition) is 2. The second kappa shape index (κ2) is 4.35. The molecule has 0 aliphatic heterocycles. The molecule has 3 nitrogen and oxygen atoms in total. The van der Waals surface area contributed by atoms with Crippen LogP contribution < -0.4 is 0 Å². The van der Waals surface area contributed by atoms with Gasteiger partial charge in [0.1, 0.15) is 0 Å². The molecule has 0 spiro atoms. The van der Waals surface area contributed by atoms with E-state index in [4.69, 9.17) is 0 Å². The lowest BCUT2D eigenvalue weighted by molar-refractivity contribution is 0.107. The van der Waals surface area contributed by atoms with Gasteiger partial charge in [-0.3, -0.25) is 0 Å². The summed E-state index contributed by atoms with van der Waals surface area (Å²) in [5.74, 6) is 1.69. The van der Waals surface area contributed by atoms with E-state index in [1.807, 2.05) is 18.7 Å². The molecule has 0 amide bonds. The molecule has 0 bridgehead atoms. The summed E-state index contributed by atoms with van der Waals surface area (Å²) in [6.07, 6.45) is 7.66. The minimum absolute atomic E-state index is 0.0986. The first-order valence-electron chi connectivity index (χ1n) is 5.80. The zero-order valence-electron chi connectivity index (χ0n) is 9.50. The van der Waals surface area contributed by atoms with Crippen molar-refractivity contribution in [3.05, 3.63) is 18.7 Å². The standard InChI is InChI=1S/C12H20N2O/c1-9(2)11-5-10(6-12(11)15)7-14-4-3-13-8-14/h3-4,8-12,15H,5-7H2,1-2H3. The number of nitrogens with zero attached hydrogens (tertiary/aromatic N) is 2. The number of aliphatic hydroxyl groups is 1. The van der Waals surface area contributed by atoms with Crippen LogP contribution in [0.15, 0.2) is 18.7 Å². The summed E-state index contributed by atoms with van der Waals surface area (Å²) in [4.78, 5) is 4.04. The van der Waals surface area contributed by atoms with E-state index >= 15 is 0 Å². The van der Waals surface area contributed by atoms with Gasteiger partial charge < -0.3 is 9.67 Å². The van der Waals surface area contributed by atoms with Crippen LogP contribution in [0.5, 0.6) is 0 Å². The number of aromatic nitrogens is 2. The van der Waals surface area contributed by atoms with Gasteiger partial charge >= 0.3 is 0 Å². The van der Waals surface area contributed by atoms with Crippen LogP contribution in [0.2, 0.25) is 0 Å². The molecule has 1 aromatic rings. The van der Waals surface area contributed by atoms with Crippen LogP contribution in [0.25, 0.3) is 0 Å². The number of aliphatic hydroxyl groups excluding tert-OH is 1. The molecule has 1 saturated carbocycles. The van der Waals surface area contributed by atoms with Crippen molar-refractivity contribution in [3.63, 3.8) is 0 Å². The molecule has 1 aliphatic carbocycles. The average Bonchev–Trinajstić information content (AvgIpc) is 2.75. The topological polar surface area (TPSA) is 38.0 Å². The van der Waals surface area contributed by atoms with E-state index in [2.05, 4.69) is 23.4 Å². The lowest BCUT2D eigenvalue weighted by atomic mass is 9.92. The maximum absolute atomic E-state index is 9.93. The predicted molar refractivity (Wildman–Crippen MR) is 59.3 cm³/mol. The van der Waals surface area contributed by atoms with Gasteiger partial charge in [-0.15, -0.1) is 0 Å². The van der Waals surface area contributed by atoms with Crippen molar-refractivity contribution in [1.82, 2.24) is 9.55 Å². The summed E-state index contributed by atoms with van der Waals surface area (Å²) in [6, 6.07) is 0. The molecule has 0 radical (unpaired) electrons. The quantitative estimate of drug-likeness (QED) is 0.824. The molecule has 0 aromatic carbocycles. The zero-order valence-corrected chi connectivity index (χ0v) is 9.50. The van der Waals surface area contributed by atoms with Crippen molar-refractivity contribution in [2.24, 2.45) is 17.8 Å². The molecular weight excluding hydrogens is 188 g/mol. The summed E-state index contributed by atoms with van der Waals surface area (Å²) in [5.41, 5.74) is 0. The Kier molecular flexibility index (Phi) is 3.10. The molecular formula is C12H20N2O. The van der Waals surface area contributed by atoms with Gasteiger partial charge in [-0.05, 0) is 30.6 Å². The van der Waals surface area contributed by atoms with E-state index in [1.54, 1.807) is 0 Å². The van der Waals surface area contributed by atoms with E-state index in [0.29, 0.717) is 17.8 Å². The number of rotatable bonds is 3. The van der Waals surface area contributed by atoms with Crippen molar-refractivity contribution in [3.8, 4) is 0 Å². The van der Waals surface area contributed by atoms with Crippen LogP contribution in [0.1, 0.15) is 26.7 Å². The third-order valence-corrected chi connectivity index (χ3v) is 3.56. The van der Waals surface area contributed by atoms with Gasteiger partial charge in [-0.1, -0.05) is 13.8 Å². The van der Waals surface area contributed by atoms with Crippen molar-refractivity contribution in [1.29, 1.82) is 0 Å². The molecule has 1 heterocycles. The fourth-order valence-electron chi connectivity index (χ4n) is 2.71. The number of imidazole rings is 1. The molecule has 1 aliphatic rings. The largest absolute Gasteiger partial charge is 0.393 e. The van der Waals surface area contributed by atoms with E-state index in [9.17, 15) is 5.11 Å². The Labute approximate surface area is 91.1 Å². The minimum atomic E-state index is -0.0986. The van der Waals surface area contributed by atoms with Crippen LogP contribution in [-0.2, 0) is 6.54 Å². The Morgan fingerprint density at radius 2 is 2.27 bits per heavy atom. The van der Waals surface area contributed by atoms with Gasteiger partial charge in [0.2, 0.25) is 0 Å². The predicted octanol–water partition coefficient (Wildman–Crippen LogP) is 1.93. The maximum atomic E-state index is 9.93. The van der Waals surface area contributed by atoms with E-state index in [1.165, 1.54) is 0 Å². The highest BCUT2D eigenvalue weighted by molar-refractivity contribution is 4.86. The molecule has 84 valence electrons. The zero-order chi connectivity index (χ0) is 10.8. The Balaban J connectivity index is 1.92. The molecule has 1 N–H and O–H groups in total. The van der Waals surface area contributed by atoms with Crippen LogP contribution in [0, 0.1) is 17.8 Å². The van der Waals surface area contributed by atoms with E-state index in [-0.39, 0.29) is 6.10 Å². The highest BCUT2D eigenvalue weighted by Crippen LogP contribution is 2.36. The Hall–Kier alpha value is -0.830. The average molecular weight is 208 g/mol. The molecule has 3 unspecified atom stereocenters. The van der Waals surface area contributed by atoms with Crippen molar-refractivity contribution >= 4 is 0 Å². The van der Waals surface area contributed by atoms with Gasteiger partial charge in [-0.2, -0.15) is 0 Å². The molecule has 2 rings (SSSR count). The Bertz CT molecular complexity index is 295. The second-order valence-corrected chi connectivity index (χ2v) is 5.07. The molecule has 3 atom stereocenters. The van der Waals surface area contributed by atoms with E-state index < -0.39 is 0 Å². The van der Waals surface area contributed by atoms with Crippen molar-refractivity contribution in [2.45, 2.75) is 39.3 Å². The van der Waals surface area contributed by atoms with Crippen molar-refractivity contribution in [2.75, 3.05) is 0 Å². The third kappa shape index (κ3) is 2.40. The first kappa shape index (κ1) is 10.7. The van der Waals surface area contributed by atoms with Gasteiger partial charge in [0.05, 0.1) is 12.4 Å². The first-order chi connectivity index (χ1) is 7.16. The molecule has 1 aromatic heterocycles. The summed E-state index contributed by atoms with van der Waals surface area (Å²) < 4.78 is 2.11. The SMILES string of the molecule is CC(C)C1CC(Cn2ccnc2)CC1O. The minimum Gasteiger partial charge on any atom is -0.393 e. The fourth-order valence-corrected chi connectivity index (χ4v) is 2.71. The summed E-state index contributed by atoms with van der Waals surface area (Å²) in [5, 5.41) is 9.93. The third-order valence-electron chi connectivity index (χ3n) is 3.56. The van der Waals surface area contributed by atoms with Gasteiger partial charge in [0, 0.05) is 18.9 Å². The second-order valence-electron chi connectivity index (χ2n) is 5.07. The highest BCUT2D eigenvalue weighted by atomic mass is 16.3. The van der Waals surface area contributed by atoms with Gasteiger partial charge in [-0.25, -0.2) is 4.98 Å². The van der Waals surface area contributed by atoms with Crippen LogP contribution in [0.4, 0.5) is 0 Å². The van der Waals surface area contributed by atoms with E-state index in [0.717, 1.165) is 19.4 Å². The Morgan fingerprint density at radius 3 is 2.80 bits per heavy atom. The van der Waals surface area contributed by atoms with Gasteiger partial charge in [0.15, 0.2) is 0 Å². The molecule has 3 heteroatoms. The normalized spacial score (nSPS) is 31.3. The van der Waals surface area contributed by atoms with Crippen LogP contribution in [-0.4, -0.2) is 20.8 Å². The Morgan fingerprint density at radius 1 is 1.47 bits per heavy atom.